The van der Waals surface area contributed by atoms with Gasteiger partial charge in [-0.2, -0.15) is 0 Å². The van der Waals surface area contributed by atoms with Gasteiger partial charge in [0.1, 0.15) is 5.60 Å². The maximum Gasteiger partial charge on any atom is 0.273 e. The van der Waals surface area contributed by atoms with Gasteiger partial charge in [-0.25, -0.2) is 0 Å². The molecular formula is C15H22N4O2S. The molecule has 0 saturated heterocycles. The van der Waals surface area contributed by atoms with Gasteiger partial charge in [0.2, 0.25) is 0 Å². The number of carbonyl (C=O) groups excluding carboxylic acids is 1. The Bertz CT molecular complexity index is 605. The summed E-state index contributed by atoms with van der Waals surface area (Å²) in [5.74, 6) is 0.245. The molecule has 2 N–H and O–H groups in total. The fraction of sp³-hybridized carbons (Fsp3) is 0.533. The number of aromatic nitrogens is 3. The smallest absolute Gasteiger partial charge is 0.273 e. The molecular weight excluding hydrogens is 300 g/mol. The first-order valence-corrected chi connectivity index (χ1v) is 8.21. The third kappa shape index (κ3) is 4.38. The van der Waals surface area contributed by atoms with E-state index >= 15 is 0 Å². The number of hydrogen-bond donors (Lipinski definition) is 2. The molecule has 0 aromatic carbocycles. The summed E-state index contributed by atoms with van der Waals surface area (Å²) < 4.78 is 1.67. The molecule has 0 saturated carbocycles. The lowest BCUT2D eigenvalue weighted by Crippen LogP contribution is -2.38. The van der Waals surface area contributed by atoms with Crippen LogP contribution < -0.4 is 5.32 Å². The van der Waals surface area contributed by atoms with E-state index in [-0.39, 0.29) is 18.1 Å². The highest BCUT2D eigenvalue weighted by Gasteiger charge is 2.25. The maximum atomic E-state index is 12.1. The van der Waals surface area contributed by atoms with Crippen LogP contribution in [0, 0.1) is 5.92 Å². The summed E-state index contributed by atoms with van der Waals surface area (Å²) in [7, 11) is 0. The molecule has 6 nitrogen and oxygen atoms in total. The molecule has 0 aliphatic carbocycles. The fourth-order valence-corrected chi connectivity index (χ4v) is 2.70. The van der Waals surface area contributed by atoms with Crippen molar-refractivity contribution in [3.05, 3.63) is 34.3 Å². The highest BCUT2D eigenvalue weighted by molar-refractivity contribution is 7.10. The van der Waals surface area contributed by atoms with Crippen LogP contribution in [0.3, 0.4) is 0 Å². The average Bonchev–Trinajstić information content (AvgIpc) is 3.13. The summed E-state index contributed by atoms with van der Waals surface area (Å²) in [5, 5.41) is 22.8. The van der Waals surface area contributed by atoms with Gasteiger partial charge in [-0.1, -0.05) is 25.1 Å². The first kappa shape index (κ1) is 16.6. The maximum absolute atomic E-state index is 12.1. The van der Waals surface area contributed by atoms with Gasteiger partial charge in [0.05, 0.1) is 12.7 Å². The third-order valence-corrected chi connectivity index (χ3v) is 4.47. The quantitative estimate of drug-likeness (QED) is 0.817. The SMILES string of the molecule is CC(C)CCn1cc(C(=O)NCC(C)(O)c2cccs2)nn1. The van der Waals surface area contributed by atoms with Crippen LogP contribution in [-0.4, -0.2) is 32.6 Å². The second-order valence-electron chi connectivity index (χ2n) is 5.98. The molecule has 2 heterocycles. The molecule has 0 fully saturated rings. The van der Waals surface area contributed by atoms with Crippen molar-refractivity contribution < 1.29 is 9.90 Å². The van der Waals surface area contributed by atoms with Crippen molar-refractivity contribution in [3.8, 4) is 0 Å². The van der Waals surface area contributed by atoms with Crippen LogP contribution in [0.15, 0.2) is 23.7 Å². The van der Waals surface area contributed by atoms with E-state index in [0.717, 1.165) is 17.8 Å². The second kappa shape index (κ2) is 7.02. The molecule has 0 aliphatic heterocycles. The number of carbonyl (C=O) groups is 1. The van der Waals surface area contributed by atoms with E-state index in [1.165, 1.54) is 11.3 Å². The Morgan fingerprint density at radius 2 is 2.32 bits per heavy atom. The highest BCUT2D eigenvalue weighted by atomic mass is 32.1. The topological polar surface area (TPSA) is 80.0 Å². The summed E-state index contributed by atoms with van der Waals surface area (Å²) in [6, 6.07) is 3.72. The van der Waals surface area contributed by atoms with E-state index < -0.39 is 5.60 Å². The van der Waals surface area contributed by atoms with Crippen LogP contribution in [0.1, 0.15) is 42.6 Å². The molecule has 1 unspecified atom stereocenters. The van der Waals surface area contributed by atoms with Crippen LogP contribution in [0.5, 0.6) is 0 Å². The summed E-state index contributed by atoms with van der Waals surface area (Å²) in [4.78, 5) is 12.9. The molecule has 7 heteroatoms. The van der Waals surface area contributed by atoms with Crippen LogP contribution in [-0.2, 0) is 12.1 Å². The number of nitrogens with zero attached hydrogens (tertiary/aromatic N) is 3. The van der Waals surface area contributed by atoms with Gasteiger partial charge in [-0.05, 0) is 30.7 Å². The molecule has 2 aromatic rings. The minimum absolute atomic E-state index is 0.130. The van der Waals surface area contributed by atoms with Crippen molar-refractivity contribution in [2.75, 3.05) is 6.54 Å². The zero-order valence-corrected chi connectivity index (χ0v) is 13.9. The van der Waals surface area contributed by atoms with Crippen LogP contribution >= 0.6 is 11.3 Å². The normalized spacial score (nSPS) is 14.0. The molecule has 2 aromatic heterocycles. The first-order valence-electron chi connectivity index (χ1n) is 7.33. The lowest BCUT2D eigenvalue weighted by atomic mass is 10.1. The molecule has 1 atom stereocenters. The lowest BCUT2D eigenvalue weighted by Gasteiger charge is -2.21. The summed E-state index contributed by atoms with van der Waals surface area (Å²) >= 11 is 1.46. The van der Waals surface area contributed by atoms with E-state index in [1.807, 2.05) is 17.5 Å². The van der Waals surface area contributed by atoms with Crippen LogP contribution in [0.25, 0.3) is 0 Å². The number of aryl methyl sites for hydroxylation is 1. The molecule has 0 bridgehead atoms. The van der Waals surface area contributed by atoms with Crippen molar-refractivity contribution >= 4 is 17.2 Å². The second-order valence-corrected chi connectivity index (χ2v) is 6.93. The molecule has 2 rings (SSSR count). The van der Waals surface area contributed by atoms with E-state index in [1.54, 1.807) is 17.8 Å². The number of rotatable bonds is 7. The van der Waals surface area contributed by atoms with Gasteiger partial charge in [-0.3, -0.25) is 9.48 Å². The summed E-state index contributed by atoms with van der Waals surface area (Å²) in [5.41, 5.74) is -0.817. The molecule has 120 valence electrons. The molecule has 0 aliphatic rings. The number of hydrogen-bond acceptors (Lipinski definition) is 5. The highest BCUT2D eigenvalue weighted by Crippen LogP contribution is 2.24. The predicted molar refractivity (Wildman–Crippen MR) is 85.7 cm³/mol. The molecule has 0 spiro atoms. The van der Waals surface area contributed by atoms with Crippen molar-refractivity contribution in [1.29, 1.82) is 0 Å². The van der Waals surface area contributed by atoms with Gasteiger partial charge >= 0.3 is 0 Å². The number of thiophene rings is 1. The predicted octanol–water partition coefficient (Wildman–Crippen LogP) is 2.02. The van der Waals surface area contributed by atoms with E-state index in [9.17, 15) is 9.90 Å². The van der Waals surface area contributed by atoms with Gasteiger partial charge < -0.3 is 10.4 Å². The monoisotopic (exact) mass is 322 g/mol. The zero-order valence-electron chi connectivity index (χ0n) is 13.1. The van der Waals surface area contributed by atoms with Gasteiger partial charge in [-0.15, -0.1) is 16.4 Å². The van der Waals surface area contributed by atoms with Gasteiger partial charge in [0, 0.05) is 11.4 Å². The molecule has 1 amide bonds. The largest absolute Gasteiger partial charge is 0.383 e. The van der Waals surface area contributed by atoms with E-state index in [0.29, 0.717) is 5.92 Å². The Morgan fingerprint density at radius 3 is 2.95 bits per heavy atom. The van der Waals surface area contributed by atoms with Crippen molar-refractivity contribution in [3.63, 3.8) is 0 Å². The Morgan fingerprint density at radius 1 is 1.55 bits per heavy atom. The van der Waals surface area contributed by atoms with Crippen LogP contribution in [0.4, 0.5) is 0 Å². The van der Waals surface area contributed by atoms with E-state index in [4.69, 9.17) is 0 Å². The number of nitrogens with one attached hydrogen (secondary N) is 1. The molecule has 22 heavy (non-hydrogen) atoms. The van der Waals surface area contributed by atoms with Crippen molar-refractivity contribution in [2.45, 2.75) is 39.3 Å². The van der Waals surface area contributed by atoms with Crippen molar-refractivity contribution in [2.24, 2.45) is 5.92 Å². The Kier molecular flexibility index (Phi) is 5.31. The third-order valence-electron chi connectivity index (χ3n) is 3.35. The first-order chi connectivity index (χ1) is 10.4. The average molecular weight is 322 g/mol. The zero-order chi connectivity index (χ0) is 16.2. The van der Waals surface area contributed by atoms with Gasteiger partial charge in [0.15, 0.2) is 5.69 Å². The fourth-order valence-electron chi connectivity index (χ4n) is 1.92. The summed E-state index contributed by atoms with van der Waals surface area (Å²) in [6.07, 6.45) is 2.62. The molecule has 0 radical (unpaired) electrons. The summed E-state index contributed by atoms with van der Waals surface area (Å²) in [6.45, 7) is 6.82. The van der Waals surface area contributed by atoms with Gasteiger partial charge in [0.25, 0.3) is 5.91 Å². The van der Waals surface area contributed by atoms with Crippen LogP contribution in [0.2, 0.25) is 0 Å². The minimum atomic E-state index is -1.09. The number of aliphatic hydroxyl groups is 1. The standard InChI is InChI=1S/C15H22N4O2S/c1-11(2)6-7-19-9-12(17-18-19)14(20)16-10-15(3,21)13-5-4-8-22-13/h4-5,8-9,11,21H,6-7,10H2,1-3H3,(H,16,20). The van der Waals surface area contributed by atoms with E-state index in [2.05, 4.69) is 29.5 Å². The Labute approximate surface area is 134 Å². The van der Waals surface area contributed by atoms with Crippen molar-refractivity contribution in [1.82, 2.24) is 20.3 Å². The lowest BCUT2D eigenvalue weighted by molar-refractivity contribution is 0.0555. The Balaban J connectivity index is 1.90. The minimum Gasteiger partial charge on any atom is -0.383 e. The number of amides is 1. The Hall–Kier alpha value is -1.73.